The maximum Gasteiger partial charge on any atom is -0.0227 e. The first-order valence-electron chi connectivity index (χ1n) is 4.47. The molecule has 3 N–H and O–H groups in total. The smallest absolute Gasteiger partial charge is 0.0227 e. The molecule has 73 valence electrons. The monoisotopic (exact) mass is 178 g/mol. The molecule has 0 unspecified atom stereocenters. The quantitative estimate of drug-likeness (QED) is 0.753. The fourth-order valence-electron chi connectivity index (χ4n) is 1.24. The first-order valence-corrected chi connectivity index (χ1v) is 4.47. The molecule has 0 saturated carbocycles. The molecular weight excluding hydrogens is 158 g/mol. The van der Waals surface area contributed by atoms with E-state index < -0.39 is 0 Å². The van der Waals surface area contributed by atoms with Crippen molar-refractivity contribution in [3.05, 3.63) is 42.8 Å². The number of hydrogen-bond donors (Lipinski definition) is 1. The van der Waals surface area contributed by atoms with Gasteiger partial charge in [0, 0.05) is 0 Å². The van der Waals surface area contributed by atoms with Crippen molar-refractivity contribution in [3.8, 4) is 0 Å². The Labute approximate surface area is 81.8 Å². The van der Waals surface area contributed by atoms with Crippen molar-refractivity contribution in [1.29, 1.82) is 0 Å². The Hall–Kier alpha value is -0.820. The summed E-state index contributed by atoms with van der Waals surface area (Å²) in [6, 6.07) is 10.6. The zero-order valence-electron chi connectivity index (χ0n) is 8.72. The van der Waals surface area contributed by atoms with Crippen molar-refractivity contribution < 1.29 is 0 Å². The molecule has 0 aromatic heterocycles. The Balaban J connectivity index is 0.00000144. The van der Waals surface area contributed by atoms with Crippen LogP contribution in [0.1, 0.15) is 25.8 Å². The summed E-state index contributed by atoms with van der Waals surface area (Å²) in [4.78, 5) is 0. The average Bonchev–Trinajstić information content (AvgIpc) is 2.06. The molecule has 0 heterocycles. The van der Waals surface area contributed by atoms with Gasteiger partial charge in [0.1, 0.15) is 0 Å². The van der Waals surface area contributed by atoms with Gasteiger partial charge < -0.3 is 6.15 Å². The van der Waals surface area contributed by atoms with E-state index in [0.717, 1.165) is 12.8 Å². The standard InChI is InChI=1S/C12H17.H3N/c1-4-12(2,3)10-11-8-6-5-7-9-11;/h5-9H,1,4,10H2,2-3H3;1H3. The second-order valence-electron chi connectivity index (χ2n) is 4.08. The van der Waals surface area contributed by atoms with Crippen LogP contribution in [0, 0.1) is 12.3 Å². The molecule has 13 heavy (non-hydrogen) atoms. The maximum atomic E-state index is 3.95. The van der Waals surface area contributed by atoms with Gasteiger partial charge in [0.05, 0.1) is 0 Å². The lowest BCUT2D eigenvalue weighted by atomic mass is 9.83. The molecule has 1 heteroatoms. The van der Waals surface area contributed by atoms with Gasteiger partial charge in [-0.15, -0.1) is 0 Å². The molecule has 0 amide bonds. The van der Waals surface area contributed by atoms with Crippen LogP contribution in [-0.4, -0.2) is 0 Å². The lowest BCUT2D eigenvalue weighted by Crippen LogP contribution is -2.13. The van der Waals surface area contributed by atoms with Crippen LogP contribution < -0.4 is 6.15 Å². The largest absolute Gasteiger partial charge is 0.344 e. The Morgan fingerprint density at radius 3 is 2.15 bits per heavy atom. The zero-order valence-corrected chi connectivity index (χ0v) is 8.72. The highest BCUT2D eigenvalue weighted by Gasteiger charge is 2.14. The van der Waals surface area contributed by atoms with Crippen LogP contribution in [0.3, 0.4) is 0 Å². The second-order valence-corrected chi connectivity index (χ2v) is 4.08. The summed E-state index contributed by atoms with van der Waals surface area (Å²) in [5.74, 6) is 0. The van der Waals surface area contributed by atoms with Crippen molar-refractivity contribution in [2.24, 2.45) is 5.41 Å². The minimum Gasteiger partial charge on any atom is -0.344 e. The zero-order chi connectivity index (χ0) is 9.03. The molecule has 0 spiro atoms. The van der Waals surface area contributed by atoms with Gasteiger partial charge in [0.15, 0.2) is 0 Å². The van der Waals surface area contributed by atoms with E-state index in [4.69, 9.17) is 0 Å². The van der Waals surface area contributed by atoms with Crippen molar-refractivity contribution in [2.75, 3.05) is 0 Å². The third kappa shape index (κ3) is 4.09. The molecule has 0 atom stereocenters. The van der Waals surface area contributed by atoms with E-state index in [9.17, 15) is 0 Å². The van der Waals surface area contributed by atoms with Gasteiger partial charge in [-0.25, -0.2) is 0 Å². The van der Waals surface area contributed by atoms with Crippen LogP contribution in [0.4, 0.5) is 0 Å². The van der Waals surface area contributed by atoms with Gasteiger partial charge in [-0.3, -0.25) is 0 Å². The molecule has 0 fully saturated rings. The van der Waals surface area contributed by atoms with Crippen LogP contribution in [-0.2, 0) is 6.42 Å². The number of hydrogen-bond acceptors (Lipinski definition) is 1. The number of rotatable bonds is 3. The summed E-state index contributed by atoms with van der Waals surface area (Å²) in [5.41, 5.74) is 1.74. The summed E-state index contributed by atoms with van der Waals surface area (Å²) in [7, 11) is 0. The topological polar surface area (TPSA) is 35.0 Å². The molecule has 0 bridgehead atoms. The lowest BCUT2D eigenvalue weighted by molar-refractivity contribution is 0.367. The van der Waals surface area contributed by atoms with Crippen molar-refractivity contribution >= 4 is 0 Å². The van der Waals surface area contributed by atoms with Gasteiger partial charge in [-0.2, -0.15) is 0 Å². The lowest BCUT2D eigenvalue weighted by Gasteiger charge is -2.22. The van der Waals surface area contributed by atoms with Gasteiger partial charge in [0.25, 0.3) is 0 Å². The van der Waals surface area contributed by atoms with Crippen LogP contribution in [0.5, 0.6) is 0 Å². The van der Waals surface area contributed by atoms with E-state index in [-0.39, 0.29) is 6.15 Å². The van der Waals surface area contributed by atoms with Crippen molar-refractivity contribution in [2.45, 2.75) is 26.7 Å². The van der Waals surface area contributed by atoms with Crippen LogP contribution in [0.25, 0.3) is 0 Å². The molecule has 0 saturated heterocycles. The van der Waals surface area contributed by atoms with Gasteiger partial charge in [-0.1, -0.05) is 51.1 Å². The fourth-order valence-corrected chi connectivity index (χ4v) is 1.24. The van der Waals surface area contributed by atoms with E-state index in [1.165, 1.54) is 5.56 Å². The van der Waals surface area contributed by atoms with E-state index in [2.05, 4.69) is 51.1 Å². The first-order chi connectivity index (χ1) is 5.64. The van der Waals surface area contributed by atoms with Gasteiger partial charge >= 0.3 is 0 Å². The fraction of sp³-hybridized carbons (Fsp3) is 0.417. The van der Waals surface area contributed by atoms with Crippen LogP contribution in [0.15, 0.2) is 30.3 Å². The van der Waals surface area contributed by atoms with Crippen molar-refractivity contribution in [1.82, 2.24) is 6.15 Å². The molecule has 1 aromatic rings. The summed E-state index contributed by atoms with van der Waals surface area (Å²) in [6.45, 7) is 8.47. The van der Waals surface area contributed by atoms with Gasteiger partial charge in [-0.05, 0) is 23.8 Å². The Morgan fingerprint density at radius 2 is 1.69 bits per heavy atom. The first kappa shape index (κ1) is 12.2. The third-order valence-electron chi connectivity index (χ3n) is 2.20. The predicted molar refractivity (Wildman–Crippen MR) is 58.9 cm³/mol. The molecule has 1 nitrogen and oxygen atoms in total. The highest BCUT2D eigenvalue weighted by atomic mass is 14.2. The normalized spacial score (nSPS) is 10.7. The summed E-state index contributed by atoms with van der Waals surface area (Å²) in [5, 5.41) is 0. The van der Waals surface area contributed by atoms with E-state index in [0.29, 0.717) is 5.41 Å². The summed E-state index contributed by atoms with van der Waals surface area (Å²) in [6.07, 6.45) is 2.11. The Kier molecular flexibility index (Phi) is 4.71. The molecular formula is C12H20N. The van der Waals surface area contributed by atoms with E-state index >= 15 is 0 Å². The summed E-state index contributed by atoms with van der Waals surface area (Å²) < 4.78 is 0. The predicted octanol–water partition coefficient (Wildman–Crippen LogP) is 3.64. The van der Waals surface area contributed by atoms with Gasteiger partial charge in [0.2, 0.25) is 0 Å². The molecule has 0 aliphatic heterocycles. The molecule has 0 aliphatic rings. The minimum absolute atomic E-state index is 0. The Bertz CT molecular complexity index is 226. The number of benzene rings is 1. The SMILES string of the molecule is N.[CH2]CC(C)(C)Cc1ccccc1. The summed E-state index contributed by atoms with van der Waals surface area (Å²) >= 11 is 0. The van der Waals surface area contributed by atoms with Crippen LogP contribution >= 0.6 is 0 Å². The molecule has 0 aliphatic carbocycles. The van der Waals surface area contributed by atoms with E-state index in [1.807, 2.05) is 0 Å². The molecule has 1 aromatic carbocycles. The maximum absolute atomic E-state index is 3.95. The highest BCUT2D eigenvalue weighted by Crippen LogP contribution is 2.24. The van der Waals surface area contributed by atoms with Crippen molar-refractivity contribution in [3.63, 3.8) is 0 Å². The average molecular weight is 178 g/mol. The second kappa shape index (κ2) is 5.03. The Morgan fingerprint density at radius 1 is 1.15 bits per heavy atom. The van der Waals surface area contributed by atoms with Crippen LogP contribution in [0.2, 0.25) is 0 Å². The third-order valence-corrected chi connectivity index (χ3v) is 2.20. The molecule has 1 rings (SSSR count). The minimum atomic E-state index is 0. The molecule has 1 radical (unpaired) electrons. The van der Waals surface area contributed by atoms with E-state index in [1.54, 1.807) is 0 Å². The highest BCUT2D eigenvalue weighted by molar-refractivity contribution is 5.16.